The van der Waals surface area contributed by atoms with Gasteiger partial charge in [0.05, 0.1) is 23.6 Å². The zero-order valence-corrected chi connectivity index (χ0v) is 19.8. The van der Waals surface area contributed by atoms with Crippen molar-refractivity contribution in [3.05, 3.63) is 71.0 Å². The summed E-state index contributed by atoms with van der Waals surface area (Å²) in [7, 11) is 0. The molecule has 5 rings (SSSR count). The van der Waals surface area contributed by atoms with Crippen LogP contribution in [0.25, 0.3) is 22.5 Å². The maximum Gasteiger partial charge on any atom is 0.573 e. The van der Waals surface area contributed by atoms with Gasteiger partial charge in [-0.2, -0.15) is 0 Å². The van der Waals surface area contributed by atoms with E-state index in [1.807, 2.05) is 5.38 Å². The minimum absolute atomic E-state index is 0.255. The number of nitrogens with one attached hydrogen (secondary N) is 2. The van der Waals surface area contributed by atoms with Crippen molar-refractivity contribution in [2.45, 2.75) is 32.7 Å². The average molecular weight is 500 g/mol. The number of benzene rings is 1. The summed E-state index contributed by atoms with van der Waals surface area (Å²) in [6, 6.07) is 9.91. The molecule has 0 saturated carbocycles. The van der Waals surface area contributed by atoms with E-state index in [-0.39, 0.29) is 5.75 Å². The summed E-state index contributed by atoms with van der Waals surface area (Å²) in [5.41, 5.74) is 6.98. The normalized spacial score (nSPS) is 14.2. The number of fused-ring (bicyclic) bond motifs is 1. The number of imidazole rings is 1. The van der Waals surface area contributed by atoms with Crippen molar-refractivity contribution in [1.82, 2.24) is 19.7 Å². The number of aryl methyl sites for hydroxylation is 1. The number of pyridine rings is 1. The molecule has 1 aliphatic rings. The van der Waals surface area contributed by atoms with Crippen LogP contribution in [0.5, 0.6) is 5.75 Å². The van der Waals surface area contributed by atoms with Gasteiger partial charge in [0.2, 0.25) is 0 Å². The zero-order valence-electron chi connectivity index (χ0n) is 19.0. The van der Waals surface area contributed by atoms with E-state index < -0.39 is 6.36 Å². The molecule has 0 saturated heterocycles. The Labute approximate surface area is 204 Å². The number of nitrogens with zero attached hydrogens (tertiary/aromatic N) is 3. The first-order valence-electron chi connectivity index (χ1n) is 11.3. The van der Waals surface area contributed by atoms with Gasteiger partial charge in [0.1, 0.15) is 11.4 Å². The van der Waals surface area contributed by atoms with Crippen LogP contribution < -0.4 is 15.4 Å². The largest absolute Gasteiger partial charge is 0.573 e. The van der Waals surface area contributed by atoms with E-state index in [0.717, 1.165) is 48.1 Å². The highest BCUT2D eigenvalue weighted by atomic mass is 32.1. The summed E-state index contributed by atoms with van der Waals surface area (Å²) in [5.74, 6) is -0.255. The Balaban J connectivity index is 1.33. The van der Waals surface area contributed by atoms with Crippen LogP contribution in [-0.2, 0) is 13.0 Å². The Hall–Kier alpha value is -3.37. The lowest BCUT2D eigenvalue weighted by molar-refractivity contribution is -0.274. The molecule has 1 aromatic carbocycles. The van der Waals surface area contributed by atoms with Gasteiger partial charge in [0.15, 0.2) is 5.13 Å². The second kappa shape index (κ2) is 9.71. The molecule has 0 spiro atoms. The van der Waals surface area contributed by atoms with E-state index in [0.29, 0.717) is 17.8 Å². The molecule has 4 heterocycles. The third kappa shape index (κ3) is 5.33. The Morgan fingerprint density at radius 2 is 1.91 bits per heavy atom. The molecule has 0 unspecified atom stereocenters. The lowest BCUT2D eigenvalue weighted by Crippen LogP contribution is -2.20. The Kier molecular flexibility index (Phi) is 6.48. The number of hydrogen-bond donors (Lipinski definition) is 2. The number of aromatic nitrogens is 3. The number of ether oxygens (including phenoxy) is 1. The Morgan fingerprint density at radius 1 is 1.11 bits per heavy atom. The van der Waals surface area contributed by atoms with E-state index in [1.54, 1.807) is 12.1 Å². The fourth-order valence-electron chi connectivity index (χ4n) is 4.16. The van der Waals surface area contributed by atoms with Crippen molar-refractivity contribution in [2.24, 2.45) is 0 Å². The Bertz CT molecular complexity index is 1360. The van der Waals surface area contributed by atoms with Crippen molar-refractivity contribution in [1.29, 1.82) is 0 Å². The summed E-state index contributed by atoms with van der Waals surface area (Å²) in [5, 5.41) is 9.34. The zero-order chi connectivity index (χ0) is 24.4. The van der Waals surface area contributed by atoms with Crippen molar-refractivity contribution in [2.75, 3.05) is 18.4 Å². The van der Waals surface area contributed by atoms with E-state index >= 15 is 0 Å². The van der Waals surface area contributed by atoms with Crippen molar-refractivity contribution in [3.8, 4) is 17.0 Å². The first-order valence-corrected chi connectivity index (χ1v) is 12.2. The van der Waals surface area contributed by atoms with E-state index in [9.17, 15) is 13.2 Å². The molecule has 0 radical (unpaired) electrons. The van der Waals surface area contributed by atoms with Gasteiger partial charge in [-0.15, -0.1) is 24.5 Å². The number of hydrogen-bond acceptors (Lipinski definition) is 6. The Morgan fingerprint density at radius 3 is 2.63 bits per heavy atom. The number of halogens is 3. The van der Waals surface area contributed by atoms with E-state index in [1.165, 1.54) is 34.6 Å². The molecule has 0 bridgehead atoms. The summed E-state index contributed by atoms with van der Waals surface area (Å²) in [4.78, 5) is 9.41. The number of thiazole rings is 1. The topological polar surface area (TPSA) is 63.5 Å². The number of rotatable bonds is 7. The monoisotopic (exact) mass is 499 g/mol. The molecule has 182 valence electrons. The molecule has 6 nitrogen and oxygen atoms in total. The first-order chi connectivity index (χ1) is 16.9. The van der Waals surface area contributed by atoms with Crippen LogP contribution in [0.4, 0.5) is 18.3 Å². The fourth-order valence-corrected chi connectivity index (χ4v) is 4.88. The SMILES string of the molecule is CCc1nc2ccc(C3=CCNCC3)cn2c1CNc1nc(-c2ccc(OC(F)(F)F)cc2)cs1. The maximum absolute atomic E-state index is 12.4. The maximum atomic E-state index is 12.4. The third-order valence-electron chi connectivity index (χ3n) is 5.86. The molecule has 0 amide bonds. The van der Waals surface area contributed by atoms with Gasteiger partial charge in [0.25, 0.3) is 0 Å². The molecule has 0 aliphatic carbocycles. The highest BCUT2D eigenvalue weighted by Crippen LogP contribution is 2.29. The van der Waals surface area contributed by atoms with Gasteiger partial charge in [0, 0.05) is 23.7 Å². The predicted octanol–water partition coefficient (Wildman–Crippen LogP) is 5.91. The minimum Gasteiger partial charge on any atom is -0.406 e. The number of alkyl halides is 3. The molecule has 0 atom stereocenters. The van der Waals surface area contributed by atoms with Gasteiger partial charge in [-0.25, -0.2) is 9.97 Å². The van der Waals surface area contributed by atoms with Gasteiger partial charge in [-0.05, 0) is 66.9 Å². The lowest BCUT2D eigenvalue weighted by Gasteiger charge is -2.15. The van der Waals surface area contributed by atoms with Gasteiger partial charge in [-0.3, -0.25) is 0 Å². The van der Waals surface area contributed by atoms with Crippen molar-refractivity contribution < 1.29 is 17.9 Å². The lowest BCUT2D eigenvalue weighted by atomic mass is 10.0. The van der Waals surface area contributed by atoms with Crippen LogP contribution in [0.3, 0.4) is 0 Å². The predicted molar refractivity (Wildman–Crippen MR) is 132 cm³/mol. The van der Waals surface area contributed by atoms with Crippen LogP contribution >= 0.6 is 11.3 Å². The number of anilines is 1. The van der Waals surface area contributed by atoms with Gasteiger partial charge in [-0.1, -0.05) is 13.0 Å². The van der Waals surface area contributed by atoms with Crippen LogP contribution in [-0.4, -0.2) is 33.8 Å². The van der Waals surface area contributed by atoms with Crippen LogP contribution in [0.1, 0.15) is 30.3 Å². The molecule has 3 aromatic heterocycles. The molecule has 35 heavy (non-hydrogen) atoms. The van der Waals surface area contributed by atoms with Crippen LogP contribution in [0, 0.1) is 0 Å². The highest BCUT2D eigenvalue weighted by molar-refractivity contribution is 7.14. The fraction of sp³-hybridized carbons (Fsp3) is 0.280. The molecule has 10 heteroatoms. The summed E-state index contributed by atoms with van der Waals surface area (Å²) < 4.78 is 43.2. The highest BCUT2D eigenvalue weighted by Gasteiger charge is 2.31. The molecule has 0 fully saturated rings. The molecular formula is C25H24F3N5OS. The standard InChI is InChI=1S/C25H24F3N5OS/c1-2-20-22(33-14-18(5-8-23(33)31-20)16-9-11-29-12-10-16)13-30-24-32-21(15-35-24)17-3-6-19(7-4-17)34-25(26,27)28/h3-9,14-15,29H,2,10-13H2,1H3,(H,30,32). The first kappa shape index (κ1) is 23.4. The van der Waals surface area contributed by atoms with E-state index in [4.69, 9.17) is 4.98 Å². The summed E-state index contributed by atoms with van der Waals surface area (Å²) >= 11 is 1.45. The van der Waals surface area contributed by atoms with E-state index in [2.05, 4.69) is 56.1 Å². The minimum atomic E-state index is -4.71. The molecular weight excluding hydrogens is 475 g/mol. The van der Waals surface area contributed by atoms with Crippen molar-refractivity contribution >= 4 is 27.7 Å². The third-order valence-corrected chi connectivity index (χ3v) is 6.66. The molecule has 1 aliphatic heterocycles. The van der Waals surface area contributed by atoms with Crippen molar-refractivity contribution in [3.63, 3.8) is 0 Å². The second-order valence-corrected chi connectivity index (χ2v) is 9.01. The quantitative estimate of drug-likeness (QED) is 0.331. The molecule has 4 aromatic rings. The smallest absolute Gasteiger partial charge is 0.406 e. The van der Waals surface area contributed by atoms with Gasteiger partial charge >= 0.3 is 6.36 Å². The average Bonchev–Trinajstić information content (AvgIpc) is 3.46. The van der Waals surface area contributed by atoms with Gasteiger partial charge < -0.3 is 19.8 Å². The summed E-state index contributed by atoms with van der Waals surface area (Å²) in [6.07, 6.45) is 1.50. The van der Waals surface area contributed by atoms with Crippen LogP contribution in [0.2, 0.25) is 0 Å². The van der Waals surface area contributed by atoms with Crippen LogP contribution in [0.15, 0.2) is 54.1 Å². The second-order valence-electron chi connectivity index (χ2n) is 8.15. The summed E-state index contributed by atoms with van der Waals surface area (Å²) in [6.45, 7) is 4.51. The molecule has 2 N–H and O–H groups in total.